The molecule has 3 rings (SSSR count). The van der Waals surface area contributed by atoms with Crippen LogP contribution >= 0.6 is 22.9 Å². The van der Waals surface area contributed by atoms with Gasteiger partial charge in [-0.25, -0.2) is 0 Å². The van der Waals surface area contributed by atoms with Crippen molar-refractivity contribution >= 4 is 45.4 Å². The maximum atomic E-state index is 12.0. The summed E-state index contributed by atoms with van der Waals surface area (Å²) in [5, 5.41) is 6.17. The normalized spacial score (nSPS) is 10.6. The van der Waals surface area contributed by atoms with Gasteiger partial charge in [0.1, 0.15) is 0 Å². The van der Waals surface area contributed by atoms with E-state index < -0.39 is 0 Å². The number of pyridine rings is 1. The number of benzene rings is 1. The molecule has 0 bridgehead atoms. The molecule has 0 radical (unpaired) electrons. The van der Waals surface area contributed by atoms with Gasteiger partial charge in [-0.2, -0.15) is 0 Å². The number of nitrogens with zero attached hydrogens (tertiary/aromatic N) is 1. The van der Waals surface area contributed by atoms with Crippen LogP contribution in [0.15, 0.2) is 48.0 Å². The standard InChI is InChI=1S/C14H9ClN2OS/c15-10-4-1-3-9-11(6-7-16-13(9)10)17-14(18)12-5-2-8-19-12/h1-8H,(H,16,17,18). The Kier molecular flexibility index (Phi) is 3.19. The smallest absolute Gasteiger partial charge is 0.265 e. The van der Waals surface area contributed by atoms with Crippen LogP contribution in [0.2, 0.25) is 5.02 Å². The number of carbonyl (C=O) groups excluding carboxylic acids is 1. The summed E-state index contributed by atoms with van der Waals surface area (Å²) in [5.74, 6) is -0.123. The number of fused-ring (bicyclic) bond motifs is 1. The van der Waals surface area contributed by atoms with Gasteiger partial charge < -0.3 is 5.32 Å². The van der Waals surface area contributed by atoms with Gasteiger partial charge in [-0.3, -0.25) is 9.78 Å². The van der Waals surface area contributed by atoms with Gasteiger partial charge in [0, 0.05) is 11.6 Å². The van der Waals surface area contributed by atoms with Crippen LogP contribution in [0.1, 0.15) is 9.67 Å². The Balaban J connectivity index is 2.02. The Morgan fingerprint density at radius 1 is 1.21 bits per heavy atom. The average molecular weight is 289 g/mol. The lowest BCUT2D eigenvalue weighted by atomic mass is 10.2. The van der Waals surface area contributed by atoms with Gasteiger partial charge in [-0.05, 0) is 23.6 Å². The minimum Gasteiger partial charge on any atom is -0.321 e. The zero-order valence-corrected chi connectivity index (χ0v) is 11.3. The Hall–Kier alpha value is -1.91. The monoisotopic (exact) mass is 288 g/mol. The van der Waals surface area contributed by atoms with Crippen molar-refractivity contribution in [1.82, 2.24) is 4.98 Å². The number of aromatic nitrogens is 1. The van der Waals surface area contributed by atoms with Crippen molar-refractivity contribution in [1.29, 1.82) is 0 Å². The van der Waals surface area contributed by atoms with Gasteiger partial charge in [-0.15, -0.1) is 11.3 Å². The molecule has 3 nitrogen and oxygen atoms in total. The van der Waals surface area contributed by atoms with E-state index >= 15 is 0 Å². The second-order valence-electron chi connectivity index (χ2n) is 3.93. The number of thiophene rings is 1. The molecular weight excluding hydrogens is 280 g/mol. The van der Waals surface area contributed by atoms with Crippen molar-refractivity contribution < 1.29 is 4.79 Å². The first-order valence-electron chi connectivity index (χ1n) is 5.64. The van der Waals surface area contributed by atoms with E-state index in [1.807, 2.05) is 23.6 Å². The first kappa shape index (κ1) is 12.1. The molecule has 0 atom stereocenters. The zero-order chi connectivity index (χ0) is 13.2. The molecule has 0 saturated carbocycles. The van der Waals surface area contributed by atoms with Crippen LogP contribution in [-0.4, -0.2) is 10.9 Å². The summed E-state index contributed by atoms with van der Waals surface area (Å²) >= 11 is 7.50. The molecule has 0 unspecified atom stereocenters. The molecule has 1 amide bonds. The molecule has 2 heterocycles. The molecule has 0 aliphatic carbocycles. The largest absolute Gasteiger partial charge is 0.321 e. The second kappa shape index (κ2) is 4.99. The number of hydrogen-bond acceptors (Lipinski definition) is 3. The van der Waals surface area contributed by atoms with Gasteiger partial charge in [0.25, 0.3) is 5.91 Å². The van der Waals surface area contributed by atoms with Crippen molar-refractivity contribution in [3.8, 4) is 0 Å². The highest BCUT2D eigenvalue weighted by Gasteiger charge is 2.10. The molecule has 0 aliphatic rings. The van der Waals surface area contributed by atoms with Crippen molar-refractivity contribution in [3.63, 3.8) is 0 Å². The molecule has 94 valence electrons. The van der Waals surface area contributed by atoms with Crippen LogP contribution in [0.3, 0.4) is 0 Å². The van der Waals surface area contributed by atoms with Gasteiger partial charge in [0.15, 0.2) is 0 Å². The highest BCUT2D eigenvalue weighted by Crippen LogP contribution is 2.27. The fraction of sp³-hybridized carbons (Fsp3) is 0. The van der Waals surface area contributed by atoms with E-state index in [9.17, 15) is 4.79 Å². The van der Waals surface area contributed by atoms with Crippen molar-refractivity contribution in [3.05, 3.63) is 57.9 Å². The Labute approximate surface area is 118 Å². The quantitative estimate of drug-likeness (QED) is 0.768. The van der Waals surface area contributed by atoms with E-state index in [1.54, 1.807) is 24.4 Å². The van der Waals surface area contributed by atoms with Gasteiger partial charge >= 0.3 is 0 Å². The first-order valence-corrected chi connectivity index (χ1v) is 6.89. The topological polar surface area (TPSA) is 42.0 Å². The Bertz CT molecular complexity index is 740. The summed E-state index contributed by atoms with van der Waals surface area (Å²) in [6.07, 6.45) is 1.64. The number of rotatable bonds is 2. The van der Waals surface area contributed by atoms with Crippen molar-refractivity contribution in [2.45, 2.75) is 0 Å². The van der Waals surface area contributed by atoms with Crippen LogP contribution in [0.4, 0.5) is 5.69 Å². The SMILES string of the molecule is O=C(Nc1ccnc2c(Cl)cccc12)c1cccs1. The number of carbonyl (C=O) groups is 1. The van der Waals surface area contributed by atoms with E-state index in [1.165, 1.54) is 11.3 Å². The Morgan fingerprint density at radius 3 is 2.89 bits per heavy atom. The van der Waals surface area contributed by atoms with Crippen LogP contribution in [0.25, 0.3) is 10.9 Å². The maximum Gasteiger partial charge on any atom is 0.265 e. The van der Waals surface area contributed by atoms with Crippen LogP contribution < -0.4 is 5.32 Å². The zero-order valence-electron chi connectivity index (χ0n) is 9.76. The van der Waals surface area contributed by atoms with Gasteiger partial charge in [0.05, 0.1) is 21.1 Å². The Morgan fingerprint density at radius 2 is 2.11 bits per heavy atom. The third kappa shape index (κ3) is 2.32. The number of halogens is 1. The first-order chi connectivity index (χ1) is 9.25. The molecule has 19 heavy (non-hydrogen) atoms. The lowest BCUT2D eigenvalue weighted by molar-refractivity contribution is 0.103. The van der Waals surface area contributed by atoms with Crippen molar-refractivity contribution in [2.75, 3.05) is 5.32 Å². The van der Waals surface area contributed by atoms with Crippen LogP contribution in [0.5, 0.6) is 0 Å². The molecule has 0 spiro atoms. The third-order valence-electron chi connectivity index (χ3n) is 2.71. The average Bonchev–Trinajstić information content (AvgIpc) is 2.94. The highest BCUT2D eigenvalue weighted by atomic mass is 35.5. The number of amides is 1. The summed E-state index contributed by atoms with van der Waals surface area (Å²) in [6, 6.07) is 10.9. The van der Waals surface area contributed by atoms with Crippen LogP contribution in [0, 0.1) is 0 Å². The van der Waals surface area contributed by atoms with Crippen LogP contribution in [-0.2, 0) is 0 Å². The predicted molar refractivity (Wildman–Crippen MR) is 79.0 cm³/mol. The fourth-order valence-electron chi connectivity index (χ4n) is 1.84. The summed E-state index contributed by atoms with van der Waals surface area (Å²) in [6.45, 7) is 0. The number of para-hydroxylation sites is 1. The molecule has 3 aromatic rings. The third-order valence-corrected chi connectivity index (χ3v) is 3.89. The number of nitrogens with one attached hydrogen (secondary N) is 1. The van der Waals surface area contributed by atoms with E-state index in [4.69, 9.17) is 11.6 Å². The number of hydrogen-bond donors (Lipinski definition) is 1. The van der Waals surface area contributed by atoms with Gasteiger partial charge in [-0.1, -0.05) is 29.8 Å². The molecule has 5 heteroatoms. The highest BCUT2D eigenvalue weighted by molar-refractivity contribution is 7.12. The second-order valence-corrected chi connectivity index (χ2v) is 5.28. The number of anilines is 1. The summed E-state index contributed by atoms with van der Waals surface area (Å²) in [7, 11) is 0. The molecule has 0 fully saturated rings. The lowest BCUT2D eigenvalue weighted by Gasteiger charge is -2.08. The fourth-order valence-corrected chi connectivity index (χ4v) is 2.68. The minimum absolute atomic E-state index is 0.123. The molecule has 1 aromatic carbocycles. The lowest BCUT2D eigenvalue weighted by Crippen LogP contribution is -2.10. The maximum absolute atomic E-state index is 12.0. The molecule has 2 aromatic heterocycles. The molecule has 1 N–H and O–H groups in total. The van der Waals surface area contributed by atoms with E-state index in [0.717, 1.165) is 5.39 Å². The molecular formula is C14H9ClN2OS. The summed E-state index contributed by atoms with van der Waals surface area (Å²) in [4.78, 5) is 17.0. The summed E-state index contributed by atoms with van der Waals surface area (Å²) in [5.41, 5.74) is 1.40. The molecule has 0 saturated heterocycles. The van der Waals surface area contributed by atoms with Crippen molar-refractivity contribution in [2.24, 2.45) is 0 Å². The van der Waals surface area contributed by atoms with E-state index in [-0.39, 0.29) is 5.91 Å². The predicted octanol–water partition coefficient (Wildman–Crippen LogP) is 4.20. The van der Waals surface area contributed by atoms with Gasteiger partial charge in [0.2, 0.25) is 0 Å². The molecule has 0 aliphatic heterocycles. The minimum atomic E-state index is -0.123. The van der Waals surface area contributed by atoms with E-state index in [2.05, 4.69) is 10.3 Å². The summed E-state index contributed by atoms with van der Waals surface area (Å²) < 4.78 is 0. The van der Waals surface area contributed by atoms with E-state index in [0.29, 0.717) is 21.1 Å².